The predicted octanol–water partition coefficient (Wildman–Crippen LogP) is 6.90. The Bertz CT molecular complexity index is 835. The van der Waals surface area contributed by atoms with Crippen LogP contribution in [0.5, 0.6) is 5.88 Å². The van der Waals surface area contributed by atoms with Gasteiger partial charge in [0, 0.05) is 63.3 Å². The first-order chi connectivity index (χ1) is 18.6. The molecule has 2 aromatic rings. The van der Waals surface area contributed by atoms with Gasteiger partial charge in [-0.3, -0.25) is 4.90 Å². The van der Waals surface area contributed by atoms with Gasteiger partial charge in [0.15, 0.2) is 0 Å². The van der Waals surface area contributed by atoms with Gasteiger partial charge in [0.1, 0.15) is 12.4 Å². The Morgan fingerprint density at radius 1 is 1.03 bits per heavy atom. The number of morpholine rings is 1. The lowest BCUT2D eigenvalue weighted by Crippen LogP contribution is -2.38. The molecule has 0 aliphatic carbocycles. The van der Waals surface area contributed by atoms with Gasteiger partial charge in [0.2, 0.25) is 5.88 Å². The molecule has 7 heteroatoms. The van der Waals surface area contributed by atoms with E-state index in [0.29, 0.717) is 12.5 Å². The van der Waals surface area contributed by atoms with Gasteiger partial charge in [-0.2, -0.15) is 4.98 Å². The van der Waals surface area contributed by atoms with Gasteiger partial charge in [0.05, 0.1) is 13.2 Å². The highest BCUT2D eigenvalue weighted by Crippen LogP contribution is 2.24. The van der Waals surface area contributed by atoms with Crippen LogP contribution in [0.4, 0.5) is 11.5 Å². The second-order valence-electron chi connectivity index (χ2n) is 8.43. The largest absolute Gasteiger partial charge is 0.476 e. The summed E-state index contributed by atoms with van der Waals surface area (Å²) in [5, 5.41) is 10.2. The van der Waals surface area contributed by atoms with Crippen LogP contribution in [0.25, 0.3) is 0 Å². The summed E-state index contributed by atoms with van der Waals surface area (Å²) in [5.74, 6) is 1.59. The minimum Gasteiger partial charge on any atom is -0.476 e. The molecule has 0 atom stereocenters. The van der Waals surface area contributed by atoms with Crippen molar-refractivity contribution >= 4 is 17.7 Å². The zero-order valence-electron chi connectivity index (χ0n) is 25.5. The zero-order chi connectivity index (χ0) is 28.6. The summed E-state index contributed by atoms with van der Waals surface area (Å²) >= 11 is 0. The van der Waals surface area contributed by atoms with Crippen molar-refractivity contribution in [2.45, 2.75) is 68.2 Å². The maximum Gasteiger partial charge on any atom is 0.217 e. The van der Waals surface area contributed by atoms with E-state index in [1.54, 1.807) is 0 Å². The summed E-state index contributed by atoms with van der Waals surface area (Å²) in [6.07, 6.45) is 3.62. The van der Waals surface area contributed by atoms with E-state index in [1.165, 1.54) is 17.5 Å². The number of anilines is 2. The standard InChI is InChI=1S/C19H34N4O2.C8H9N.2C2H6/c1-4-7-23(8-5-2)17-15-18(20-6-3)21-19(16-17)25-14-11-22-9-12-24-13-10-22;1-7-3-2-4-8(5-7)6-9;2*1-2/h15-16H,4-14H2,1-3H3,(H,20,21);2-6,9H,1H3;2*1-2H3. The molecule has 0 amide bonds. The van der Waals surface area contributed by atoms with Crippen molar-refractivity contribution in [2.75, 3.05) is 69.3 Å². The van der Waals surface area contributed by atoms with E-state index in [1.807, 2.05) is 58.9 Å². The minimum atomic E-state index is 0.656. The van der Waals surface area contributed by atoms with Crippen LogP contribution in [0.2, 0.25) is 0 Å². The molecular formula is C31H55N5O2. The highest BCUT2D eigenvalue weighted by atomic mass is 16.5. The molecule has 1 fully saturated rings. The summed E-state index contributed by atoms with van der Waals surface area (Å²) in [7, 11) is 0. The molecule has 7 nitrogen and oxygen atoms in total. The zero-order valence-corrected chi connectivity index (χ0v) is 25.5. The Balaban J connectivity index is 0.000000875. The molecule has 1 saturated heterocycles. The molecule has 2 N–H and O–H groups in total. The van der Waals surface area contributed by atoms with E-state index in [9.17, 15) is 0 Å². The van der Waals surface area contributed by atoms with E-state index in [2.05, 4.69) is 53.0 Å². The minimum absolute atomic E-state index is 0.656. The van der Waals surface area contributed by atoms with Crippen LogP contribution in [-0.4, -0.2) is 75.2 Å². The van der Waals surface area contributed by atoms with Crippen molar-refractivity contribution in [3.63, 3.8) is 0 Å². The lowest BCUT2D eigenvalue weighted by atomic mass is 10.2. The van der Waals surface area contributed by atoms with Gasteiger partial charge < -0.3 is 25.1 Å². The van der Waals surface area contributed by atoms with E-state index < -0.39 is 0 Å². The molecule has 216 valence electrons. The van der Waals surface area contributed by atoms with E-state index in [0.717, 1.165) is 76.7 Å². The number of hydrogen-bond donors (Lipinski definition) is 2. The second kappa shape index (κ2) is 23.5. The summed E-state index contributed by atoms with van der Waals surface area (Å²) in [4.78, 5) is 9.39. The first kappa shape index (κ1) is 35.4. The Kier molecular flexibility index (Phi) is 21.8. The van der Waals surface area contributed by atoms with E-state index >= 15 is 0 Å². The van der Waals surface area contributed by atoms with Crippen LogP contribution in [0.15, 0.2) is 36.4 Å². The van der Waals surface area contributed by atoms with Crippen molar-refractivity contribution in [1.82, 2.24) is 9.88 Å². The number of ether oxygens (including phenoxy) is 2. The fourth-order valence-electron chi connectivity index (χ4n) is 3.79. The average molecular weight is 530 g/mol. The van der Waals surface area contributed by atoms with Crippen LogP contribution in [0, 0.1) is 12.3 Å². The second-order valence-corrected chi connectivity index (χ2v) is 8.43. The number of nitrogens with zero attached hydrogens (tertiary/aromatic N) is 3. The summed E-state index contributed by atoms with van der Waals surface area (Å²) in [5.41, 5.74) is 3.36. The Morgan fingerprint density at radius 2 is 1.68 bits per heavy atom. The van der Waals surface area contributed by atoms with Crippen molar-refractivity contribution in [1.29, 1.82) is 5.41 Å². The average Bonchev–Trinajstić information content (AvgIpc) is 2.96. The van der Waals surface area contributed by atoms with Gasteiger partial charge in [-0.05, 0) is 32.3 Å². The lowest BCUT2D eigenvalue weighted by Gasteiger charge is -2.27. The number of hydrogen-bond acceptors (Lipinski definition) is 7. The molecule has 1 aromatic carbocycles. The van der Waals surface area contributed by atoms with Crippen LogP contribution < -0.4 is 15.0 Å². The number of aryl methyl sites for hydroxylation is 1. The van der Waals surface area contributed by atoms with E-state index in [-0.39, 0.29) is 0 Å². The molecular weight excluding hydrogens is 474 g/mol. The quantitative estimate of drug-likeness (QED) is 0.292. The number of rotatable bonds is 12. The van der Waals surface area contributed by atoms with Gasteiger partial charge in [-0.1, -0.05) is 71.4 Å². The summed E-state index contributed by atoms with van der Waals surface area (Å²) < 4.78 is 11.4. The third-order valence-electron chi connectivity index (χ3n) is 5.47. The van der Waals surface area contributed by atoms with Crippen molar-refractivity contribution in [2.24, 2.45) is 0 Å². The smallest absolute Gasteiger partial charge is 0.217 e. The van der Waals surface area contributed by atoms with Crippen molar-refractivity contribution in [3.05, 3.63) is 47.5 Å². The van der Waals surface area contributed by atoms with Crippen molar-refractivity contribution in [3.8, 4) is 5.88 Å². The fraction of sp³-hybridized carbons (Fsp3) is 0.613. The highest BCUT2D eigenvalue weighted by molar-refractivity contribution is 5.76. The molecule has 2 heterocycles. The van der Waals surface area contributed by atoms with Gasteiger partial charge in [-0.25, -0.2) is 0 Å². The van der Waals surface area contributed by atoms with Crippen LogP contribution >= 0.6 is 0 Å². The summed E-state index contributed by atoms with van der Waals surface area (Å²) in [6, 6.07) is 12.1. The molecule has 0 radical (unpaired) electrons. The monoisotopic (exact) mass is 529 g/mol. The molecule has 0 saturated carbocycles. The molecule has 1 aliphatic rings. The van der Waals surface area contributed by atoms with Crippen LogP contribution in [0.3, 0.4) is 0 Å². The SMILES string of the molecule is CC.CC.CCCN(CCC)c1cc(NCC)nc(OCCN2CCOCC2)c1.Cc1cccc(C=N)c1. The number of benzene rings is 1. The normalized spacial score (nSPS) is 12.4. The lowest BCUT2D eigenvalue weighted by molar-refractivity contribution is 0.0320. The topological polar surface area (TPSA) is 73.7 Å². The third-order valence-corrected chi connectivity index (χ3v) is 5.47. The number of nitrogens with one attached hydrogen (secondary N) is 2. The van der Waals surface area contributed by atoms with Gasteiger partial charge in [-0.15, -0.1) is 0 Å². The van der Waals surface area contributed by atoms with Crippen LogP contribution in [0.1, 0.15) is 72.4 Å². The molecule has 1 aliphatic heterocycles. The van der Waals surface area contributed by atoms with Gasteiger partial charge in [0.25, 0.3) is 0 Å². The summed E-state index contributed by atoms with van der Waals surface area (Å²) in [6.45, 7) is 24.7. The molecule has 0 unspecified atom stereocenters. The number of pyridine rings is 1. The third kappa shape index (κ3) is 14.9. The maximum absolute atomic E-state index is 6.92. The highest BCUT2D eigenvalue weighted by Gasteiger charge is 2.12. The van der Waals surface area contributed by atoms with Crippen molar-refractivity contribution < 1.29 is 9.47 Å². The predicted molar refractivity (Wildman–Crippen MR) is 166 cm³/mol. The fourth-order valence-corrected chi connectivity index (χ4v) is 3.79. The van der Waals surface area contributed by atoms with E-state index in [4.69, 9.17) is 14.9 Å². The molecule has 0 bridgehead atoms. The first-order valence-corrected chi connectivity index (χ1v) is 14.6. The number of aromatic nitrogens is 1. The Labute approximate surface area is 233 Å². The molecule has 3 rings (SSSR count). The molecule has 1 aromatic heterocycles. The molecule has 0 spiro atoms. The first-order valence-electron chi connectivity index (χ1n) is 14.6. The van der Waals surface area contributed by atoms with Gasteiger partial charge >= 0.3 is 0 Å². The Hall–Kier alpha value is -2.64. The molecule has 38 heavy (non-hydrogen) atoms. The Morgan fingerprint density at radius 3 is 2.21 bits per heavy atom. The maximum atomic E-state index is 6.92. The van der Waals surface area contributed by atoms with Crippen LogP contribution in [-0.2, 0) is 4.74 Å².